The van der Waals surface area contributed by atoms with Crippen LogP contribution in [0.25, 0.3) is 0 Å². The fraction of sp³-hybridized carbons (Fsp3) is 0.143. The average Bonchev–Trinajstić information content (AvgIpc) is 2.36. The Hall–Kier alpha value is -2.15. The summed E-state index contributed by atoms with van der Waals surface area (Å²) < 4.78 is 68.3. The van der Waals surface area contributed by atoms with Gasteiger partial charge in [0.1, 0.15) is 29.3 Å². The summed E-state index contributed by atoms with van der Waals surface area (Å²) in [5, 5.41) is 9.96. The van der Waals surface area contributed by atoms with Crippen molar-refractivity contribution in [2.75, 3.05) is 0 Å². The summed E-state index contributed by atoms with van der Waals surface area (Å²) >= 11 is 0. The standard InChI is InChI=1S/C14H9F5O2/c15-8-5-10(16)12(11(17)6-8)13(20)7-2-1-3-9(4-7)21-14(18)19/h1-6,13-14,20H. The van der Waals surface area contributed by atoms with E-state index in [0.29, 0.717) is 12.1 Å². The summed E-state index contributed by atoms with van der Waals surface area (Å²) in [5.74, 6) is -3.96. The number of ether oxygens (including phenoxy) is 1. The van der Waals surface area contributed by atoms with Crippen molar-refractivity contribution in [3.05, 3.63) is 65.0 Å². The Bertz CT molecular complexity index is 622. The number of alkyl halides is 2. The van der Waals surface area contributed by atoms with Crippen molar-refractivity contribution in [3.8, 4) is 5.75 Å². The van der Waals surface area contributed by atoms with Gasteiger partial charge in [0.05, 0.1) is 5.56 Å². The fourth-order valence-corrected chi connectivity index (χ4v) is 1.84. The molecule has 1 N–H and O–H groups in total. The minimum Gasteiger partial charge on any atom is -0.435 e. The van der Waals surface area contributed by atoms with Crippen LogP contribution in [0.3, 0.4) is 0 Å². The normalized spacial score (nSPS) is 12.5. The number of rotatable bonds is 4. The number of hydrogen-bond acceptors (Lipinski definition) is 2. The van der Waals surface area contributed by atoms with Crippen molar-refractivity contribution in [2.45, 2.75) is 12.7 Å². The summed E-state index contributed by atoms with van der Waals surface area (Å²) in [4.78, 5) is 0. The zero-order chi connectivity index (χ0) is 15.6. The van der Waals surface area contributed by atoms with Crippen LogP contribution < -0.4 is 4.74 Å². The molecule has 2 aromatic rings. The molecule has 2 rings (SSSR count). The molecule has 2 nitrogen and oxygen atoms in total. The van der Waals surface area contributed by atoms with E-state index in [4.69, 9.17) is 0 Å². The van der Waals surface area contributed by atoms with Crippen molar-refractivity contribution in [1.82, 2.24) is 0 Å². The van der Waals surface area contributed by atoms with Crippen LogP contribution in [0.2, 0.25) is 0 Å². The average molecular weight is 304 g/mol. The van der Waals surface area contributed by atoms with Crippen LogP contribution in [-0.2, 0) is 0 Å². The molecule has 1 atom stereocenters. The van der Waals surface area contributed by atoms with Gasteiger partial charge >= 0.3 is 6.61 Å². The van der Waals surface area contributed by atoms with E-state index in [9.17, 15) is 27.1 Å². The quantitative estimate of drug-likeness (QED) is 0.871. The molecule has 2 aromatic carbocycles. The third kappa shape index (κ3) is 3.49. The maximum atomic E-state index is 13.6. The molecule has 21 heavy (non-hydrogen) atoms. The molecule has 0 saturated heterocycles. The summed E-state index contributed by atoms with van der Waals surface area (Å²) in [7, 11) is 0. The molecule has 0 bridgehead atoms. The topological polar surface area (TPSA) is 29.5 Å². The first-order valence-corrected chi connectivity index (χ1v) is 5.75. The number of benzene rings is 2. The molecule has 0 heterocycles. The summed E-state index contributed by atoms with van der Waals surface area (Å²) in [6, 6.07) is 5.59. The Balaban J connectivity index is 2.38. The molecular weight excluding hydrogens is 295 g/mol. The van der Waals surface area contributed by atoms with E-state index in [1.54, 1.807) is 0 Å². The van der Waals surface area contributed by atoms with Crippen LogP contribution in [0.4, 0.5) is 22.0 Å². The third-order valence-electron chi connectivity index (χ3n) is 2.72. The van der Waals surface area contributed by atoms with Gasteiger partial charge in [-0.25, -0.2) is 13.2 Å². The first kappa shape index (κ1) is 15.2. The van der Waals surface area contributed by atoms with Crippen molar-refractivity contribution in [3.63, 3.8) is 0 Å². The monoisotopic (exact) mass is 304 g/mol. The maximum Gasteiger partial charge on any atom is 0.387 e. The smallest absolute Gasteiger partial charge is 0.387 e. The fourth-order valence-electron chi connectivity index (χ4n) is 1.84. The minimum absolute atomic E-state index is 0.0717. The van der Waals surface area contributed by atoms with Crippen molar-refractivity contribution in [2.24, 2.45) is 0 Å². The van der Waals surface area contributed by atoms with Crippen LogP contribution in [0.15, 0.2) is 36.4 Å². The van der Waals surface area contributed by atoms with E-state index < -0.39 is 35.7 Å². The van der Waals surface area contributed by atoms with Crippen LogP contribution in [0.1, 0.15) is 17.2 Å². The Labute approximate surface area is 116 Å². The van der Waals surface area contributed by atoms with Gasteiger partial charge in [0.25, 0.3) is 0 Å². The lowest BCUT2D eigenvalue weighted by molar-refractivity contribution is -0.0499. The van der Waals surface area contributed by atoms with Gasteiger partial charge < -0.3 is 9.84 Å². The number of aliphatic hydroxyl groups is 1. The second-order valence-corrected chi connectivity index (χ2v) is 4.14. The summed E-state index contributed by atoms with van der Waals surface area (Å²) in [5.41, 5.74) is -0.844. The molecule has 0 aliphatic heterocycles. The second kappa shape index (κ2) is 6.09. The molecule has 112 valence electrons. The molecule has 0 saturated carbocycles. The Morgan fingerprint density at radius 3 is 2.14 bits per heavy atom. The largest absolute Gasteiger partial charge is 0.435 e. The highest BCUT2D eigenvalue weighted by Gasteiger charge is 2.21. The SMILES string of the molecule is OC(c1cccc(OC(F)F)c1)c1c(F)cc(F)cc1F. The second-order valence-electron chi connectivity index (χ2n) is 4.14. The molecule has 7 heteroatoms. The molecule has 0 amide bonds. The third-order valence-corrected chi connectivity index (χ3v) is 2.72. The van der Waals surface area contributed by atoms with Gasteiger partial charge in [0, 0.05) is 12.1 Å². The molecular formula is C14H9F5O2. The highest BCUT2D eigenvalue weighted by atomic mass is 19.3. The molecule has 0 aliphatic rings. The van der Waals surface area contributed by atoms with Crippen molar-refractivity contribution >= 4 is 0 Å². The van der Waals surface area contributed by atoms with Crippen molar-refractivity contribution in [1.29, 1.82) is 0 Å². The predicted octanol–water partition coefficient (Wildman–Crippen LogP) is 3.79. The van der Waals surface area contributed by atoms with E-state index in [0.717, 1.165) is 6.07 Å². The molecule has 0 aliphatic carbocycles. The Kier molecular flexibility index (Phi) is 4.42. The van der Waals surface area contributed by atoms with E-state index >= 15 is 0 Å². The highest BCUT2D eigenvalue weighted by Crippen LogP contribution is 2.29. The van der Waals surface area contributed by atoms with Gasteiger partial charge in [-0.15, -0.1) is 0 Å². The van der Waals surface area contributed by atoms with E-state index in [2.05, 4.69) is 4.74 Å². The van der Waals surface area contributed by atoms with Crippen LogP contribution >= 0.6 is 0 Å². The van der Waals surface area contributed by atoms with E-state index in [1.807, 2.05) is 0 Å². The minimum atomic E-state index is -3.07. The van der Waals surface area contributed by atoms with Crippen LogP contribution in [-0.4, -0.2) is 11.7 Å². The van der Waals surface area contributed by atoms with Gasteiger partial charge in [-0.05, 0) is 17.7 Å². The zero-order valence-corrected chi connectivity index (χ0v) is 10.4. The number of halogens is 5. The van der Waals surface area contributed by atoms with Crippen LogP contribution in [0, 0.1) is 17.5 Å². The molecule has 0 aromatic heterocycles. The van der Waals surface area contributed by atoms with Crippen LogP contribution in [0.5, 0.6) is 5.75 Å². The zero-order valence-electron chi connectivity index (χ0n) is 10.4. The first-order valence-electron chi connectivity index (χ1n) is 5.75. The summed E-state index contributed by atoms with van der Waals surface area (Å²) in [6.45, 7) is -3.07. The lowest BCUT2D eigenvalue weighted by atomic mass is 10.00. The lowest BCUT2D eigenvalue weighted by Gasteiger charge is -2.14. The van der Waals surface area contributed by atoms with Gasteiger partial charge in [0.2, 0.25) is 0 Å². The van der Waals surface area contributed by atoms with Gasteiger partial charge in [-0.1, -0.05) is 12.1 Å². The van der Waals surface area contributed by atoms with Crippen molar-refractivity contribution < 1.29 is 31.8 Å². The molecule has 0 fully saturated rings. The number of aliphatic hydroxyl groups excluding tert-OH is 1. The maximum absolute atomic E-state index is 13.6. The predicted molar refractivity (Wildman–Crippen MR) is 63.5 cm³/mol. The molecule has 1 unspecified atom stereocenters. The van der Waals surface area contributed by atoms with Gasteiger partial charge in [0.15, 0.2) is 0 Å². The van der Waals surface area contributed by atoms with E-state index in [-0.39, 0.29) is 11.3 Å². The van der Waals surface area contributed by atoms with Gasteiger partial charge in [-0.2, -0.15) is 8.78 Å². The Morgan fingerprint density at radius 2 is 1.57 bits per heavy atom. The molecule has 0 radical (unpaired) electrons. The van der Waals surface area contributed by atoms with Gasteiger partial charge in [-0.3, -0.25) is 0 Å². The van der Waals surface area contributed by atoms with E-state index in [1.165, 1.54) is 18.2 Å². The first-order chi connectivity index (χ1) is 9.88. The summed E-state index contributed by atoms with van der Waals surface area (Å²) in [6.07, 6.45) is -1.79. The Morgan fingerprint density at radius 1 is 0.952 bits per heavy atom. The number of hydrogen-bond donors (Lipinski definition) is 1. The molecule has 0 spiro atoms. The highest BCUT2D eigenvalue weighted by molar-refractivity contribution is 5.36. The lowest BCUT2D eigenvalue weighted by Crippen LogP contribution is -2.08.